The second kappa shape index (κ2) is 7.26. The molecule has 0 saturated carbocycles. The summed E-state index contributed by atoms with van der Waals surface area (Å²) in [5.74, 6) is 1.50. The Morgan fingerprint density at radius 2 is 2.10 bits per heavy atom. The SMILES string of the molecule is Nc1ncnc2c1ncn2[C@@H]1O[C@H](CSCc2c[nH]c3ncccc23)[C@@H](O)[C@H]1O. The van der Waals surface area contributed by atoms with Gasteiger partial charge in [-0.3, -0.25) is 4.57 Å². The number of pyridine rings is 1. The fraction of sp³-hybridized carbons (Fsp3) is 0.333. The van der Waals surface area contributed by atoms with Crippen molar-refractivity contribution in [1.82, 2.24) is 29.5 Å². The molecule has 1 saturated heterocycles. The second-order valence-corrected chi connectivity index (χ2v) is 7.89. The lowest BCUT2D eigenvalue weighted by molar-refractivity contribution is -0.0289. The molecule has 1 aliphatic rings. The molecule has 5 N–H and O–H groups in total. The van der Waals surface area contributed by atoms with Gasteiger partial charge in [0.05, 0.1) is 12.4 Å². The van der Waals surface area contributed by atoms with E-state index in [2.05, 4.69) is 24.9 Å². The average molecular weight is 413 g/mol. The molecule has 5 rings (SSSR count). The number of ether oxygens (including phenoxy) is 1. The summed E-state index contributed by atoms with van der Waals surface area (Å²) in [6, 6.07) is 3.92. The molecule has 0 bridgehead atoms. The number of hydrogen-bond donors (Lipinski definition) is 4. The van der Waals surface area contributed by atoms with E-state index in [1.54, 1.807) is 22.5 Å². The van der Waals surface area contributed by atoms with Crippen LogP contribution in [0, 0.1) is 0 Å². The topological polar surface area (TPSA) is 148 Å². The van der Waals surface area contributed by atoms with Crippen LogP contribution in [0.25, 0.3) is 22.2 Å². The highest BCUT2D eigenvalue weighted by Gasteiger charge is 2.44. The molecule has 4 atom stereocenters. The summed E-state index contributed by atoms with van der Waals surface area (Å²) < 4.78 is 7.55. The molecule has 0 aromatic carbocycles. The van der Waals surface area contributed by atoms with Crippen LogP contribution in [0.4, 0.5) is 5.82 Å². The number of nitrogens with one attached hydrogen (secondary N) is 1. The minimum absolute atomic E-state index is 0.252. The van der Waals surface area contributed by atoms with Gasteiger partial charge < -0.3 is 25.7 Å². The number of imidazole rings is 1. The fourth-order valence-corrected chi connectivity index (χ4v) is 4.65. The van der Waals surface area contributed by atoms with Crippen molar-refractivity contribution in [2.75, 3.05) is 11.5 Å². The van der Waals surface area contributed by atoms with E-state index in [0.717, 1.165) is 22.3 Å². The van der Waals surface area contributed by atoms with Crippen molar-refractivity contribution in [2.24, 2.45) is 0 Å². The number of aromatic nitrogens is 6. The number of aliphatic hydroxyl groups is 2. The Kier molecular flexibility index (Phi) is 4.59. The first-order valence-corrected chi connectivity index (χ1v) is 10.2. The maximum absolute atomic E-state index is 10.5. The Balaban J connectivity index is 1.29. The molecule has 150 valence electrons. The van der Waals surface area contributed by atoms with Crippen LogP contribution in [0.15, 0.2) is 37.2 Å². The molecular formula is C18H19N7O3S. The summed E-state index contributed by atoms with van der Waals surface area (Å²) in [6.45, 7) is 0. The van der Waals surface area contributed by atoms with E-state index >= 15 is 0 Å². The lowest BCUT2D eigenvalue weighted by Crippen LogP contribution is -2.32. The fourth-order valence-electron chi connectivity index (χ4n) is 3.57. The van der Waals surface area contributed by atoms with Crippen molar-refractivity contribution >= 4 is 39.8 Å². The van der Waals surface area contributed by atoms with Crippen LogP contribution >= 0.6 is 11.8 Å². The van der Waals surface area contributed by atoms with Crippen molar-refractivity contribution in [2.45, 2.75) is 30.3 Å². The number of aromatic amines is 1. The van der Waals surface area contributed by atoms with Gasteiger partial charge in [-0.2, -0.15) is 11.8 Å². The molecule has 10 nitrogen and oxygen atoms in total. The number of nitrogens with two attached hydrogens (primary N) is 1. The van der Waals surface area contributed by atoms with Gasteiger partial charge in [0.2, 0.25) is 0 Å². The van der Waals surface area contributed by atoms with Crippen molar-refractivity contribution in [3.63, 3.8) is 0 Å². The van der Waals surface area contributed by atoms with Crippen LogP contribution in [0.5, 0.6) is 0 Å². The molecule has 0 aliphatic carbocycles. The van der Waals surface area contributed by atoms with Gasteiger partial charge in [-0.15, -0.1) is 0 Å². The number of hydrogen-bond acceptors (Lipinski definition) is 9. The Hall–Kier alpha value is -2.73. The molecule has 1 fully saturated rings. The van der Waals surface area contributed by atoms with E-state index in [0.29, 0.717) is 16.9 Å². The lowest BCUT2D eigenvalue weighted by Gasteiger charge is -2.16. The number of H-pyrrole nitrogens is 1. The summed E-state index contributed by atoms with van der Waals surface area (Å²) in [7, 11) is 0. The van der Waals surface area contributed by atoms with Crippen LogP contribution < -0.4 is 5.73 Å². The van der Waals surface area contributed by atoms with Gasteiger partial charge in [0.1, 0.15) is 29.7 Å². The monoisotopic (exact) mass is 413 g/mol. The highest BCUT2D eigenvalue weighted by Crippen LogP contribution is 2.34. The summed E-state index contributed by atoms with van der Waals surface area (Å²) in [4.78, 5) is 19.7. The maximum atomic E-state index is 10.5. The molecule has 29 heavy (non-hydrogen) atoms. The standard InChI is InChI=1S/C18H19N7O3S/c19-15-12-17(23-7-22-15)25(8-24-12)18-14(27)13(26)11(28-18)6-29-5-9-4-21-16-10(9)2-1-3-20-16/h1-4,7-8,11,13-14,18,26-27H,5-6H2,(H,20,21)(H2,19,22,23)/t11-,13-,14-,18-/m1/s1. The molecular weight excluding hydrogens is 394 g/mol. The number of rotatable bonds is 5. The van der Waals surface area contributed by atoms with Crippen LogP contribution in [0.3, 0.4) is 0 Å². The maximum Gasteiger partial charge on any atom is 0.167 e. The summed E-state index contributed by atoms with van der Waals surface area (Å²) in [5.41, 5.74) is 8.69. The average Bonchev–Trinajstić information content (AvgIpc) is 3.41. The predicted octanol–water partition coefficient (Wildman–Crippen LogP) is 0.837. The van der Waals surface area contributed by atoms with Gasteiger partial charge in [0, 0.05) is 29.3 Å². The molecule has 0 radical (unpaired) electrons. The molecule has 0 amide bonds. The first-order valence-electron chi connectivity index (χ1n) is 9.07. The van der Waals surface area contributed by atoms with Crippen LogP contribution in [0.2, 0.25) is 0 Å². The van der Waals surface area contributed by atoms with E-state index in [-0.39, 0.29) is 5.82 Å². The third-order valence-corrected chi connectivity index (χ3v) is 6.15. The zero-order valence-electron chi connectivity index (χ0n) is 15.2. The first kappa shape index (κ1) is 18.3. The van der Waals surface area contributed by atoms with E-state index in [4.69, 9.17) is 10.5 Å². The Labute approximate surface area is 169 Å². The van der Waals surface area contributed by atoms with Gasteiger partial charge in [0.15, 0.2) is 17.7 Å². The lowest BCUT2D eigenvalue weighted by atomic mass is 10.1. The molecule has 1 aliphatic heterocycles. The quantitative estimate of drug-likeness (QED) is 0.373. The van der Waals surface area contributed by atoms with E-state index < -0.39 is 24.5 Å². The summed E-state index contributed by atoms with van der Waals surface area (Å²) in [6.07, 6.45) is 3.06. The summed E-state index contributed by atoms with van der Waals surface area (Å²) in [5, 5.41) is 22.1. The Morgan fingerprint density at radius 3 is 3.00 bits per heavy atom. The van der Waals surface area contributed by atoms with Crippen molar-refractivity contribution < 1.29 is 14.9 Å². The van der Waals surface area contributed by atoms with Crippen molar-refractivity contribution in [1.29, 1.82) is 0 Å². The molecule has 4 aromatic heterocycles. The number of aliphatic hydroxyl groups excluding tert-OH is 2. The molecule has 5 heterocycles. The predicted molar refractivity (Wildman–Crippen MR) is 108 cm³/mol. The van der Waals surface area contributed by atoms with Crippen LogP contribution in [0.1, 0.15) is 11.8 Å². The number of nitrogen functional groups attached to an aromatic ring is 1. The third-order valence-electron chi connectivity index (χ3n) is 5.07. The number of anilines is 1. The van der Waals surface area contributed by atoms with Crippen LogP contribution in [-0.2, 0) is 10.5 Å². The normalized spacial score (nSPS) is 24.6. The Morgan fingerprint density at radius 1 is 1.21 bits per heavy atom. The summed E-state index contributed by atoms with van der Waals surface area (Å²) >= 11 is 1.62. The van der Waals surface area contributed by atoms with Gasteiger partial charge in [-0.05, 0) is 17.7 Å². The molecule has 11 heteroatoms. The van der Waals surface area contributed by atoms with Crippen LogP contribution in [-0.4, -0.2) is 63.8 Å². The first-order chi connectivity index (χ1) is 14.1. The number of nitrogens with zero attached hydrogens (tertiary/aromatic N) is 5. The highest BCUT2D eigenvalue weighted by atomic mass is 32.2. The van der Waals surface area contributed by atoms with E-state index in [9.17, 15) is 10.2 Å². The smallest absolute Gasteiger partial charge is 0.167 e. The number of fused-ring (bicyclic) bond motifs is 2. The zero-order chi connectivity index (χ0) is 20.0. The second-order valence-electron chi connectivity index (χ2n) is 6.86. The zero-order valence-corrected chi connectivity index (χ0v) is 16.0. The van der Waals surface area contributed by atoms with E-state index in [1.165, 1.54) is 12.7 Å². The molecule has 0 spiro atoms. The van der Waals surface area contributed by atoms with Gasteiger partial charge in [-0.1, -0.05) is 0 Å². The van der Waals surface area contributed by atoms with Crippen molar-refractivity contribution in [3.05, 3.63) is 42.7 Å². The molecule has 0 unspecified atom stereocenters. The number of thioether (sulfide) groups is 1. The van der Waals surface area contributed by atoms with Gasteiger partial charge in [0.25, 0.3) is 0 Å². The van der Waals surface area contributed by atoms with Crippen molar-refractivity contribution in [3.8, 4) is 0 Å². The third kappa shape index (κ3) is 3.12. The van der Waals surface area contributed by atoms with Gasteiger partial charge in [-0.25, -0.2) is 19.9 Å². The Bertz CT molecular complexity index is 1160. The molecule has 4 aromatic rings. The largest absolute Gasteiger partial charge is 0.387 e. The van der Waals surface area contributed by atoms with Gasteiger partial charge >= 0.3 is 0 Å². The minimum atomic E-state index is -1.11. The highest BCUT2D eigenvalue weighted by molar-refractivity contribution is 7.98. The minimum Gasteiger partial charge on any atom is -0.387 e. The van der Waals surface area contributed by atoms with E-state index in [1.807, 2.05) is 18.3 Å².